The molecular formula is C16H21NO2. The van der Waals surface area contributed by atoms with Gasteiger partial charge in [-0.25, -0.2) is 0 Å². The van der Waals surface area contributed by atoms with E-state index in [1.165, 1.54) is 5.56 Å². The molecule has 0 unspecified atom stereocenters. The average molecular weight is 259 g/mol. The zero-order valence-electron chi connectivity index (χ0n) is 12.0. The Bertz CT molecular complexity index is 486. The lowest BCUT2D eigenvalue weighted by Crippen LogP contribution is -2.37. The fourth-order valence-electron chi connectivity index (χ4n) is 2.86. The summed E-state index contributed by atoms with van der Waals surface area (Å²) in [6.07, 6.45) is 1.16. The van der Waals surface area contributed by atoms with E-state index in [0.717, 1.165) is 16.7 Å². The van der Waals surface area contributed by atoms with Crippen molar-refractivity contribution in [2.75, 3.05) is 19.6 Å². The second-order valence-corrected chi connectivity index (χ2v) is 5.51. The van der Waals surface area contributed by atoms with Crippen LogP contribution in [-0.4, -0.2) is 36.1 Å². The van der Waals surface area contributed by atoms with Crippen molar-refractivity contribution >= 4 is 11.6 Å². The van der Waals surface area contributed by atoms with Crippen LogP contribution < -0.4 is 0 Å². The molecule has 1 aromatic carbocycles. The van der Waals surface area contributed by atoms with Crippen molar-refractivity contribution in [2.45, 2.75) is 33.6 Å². The van der Waals surface area contributed by atoms with E-state index >= 15 is 0 Å². The summed E-state index contributed by atoms with van der Waals surface area (Å²) in [5.74, 6) is 0.482. The first-order valence-corrected chi connectivity index (χ1v) is 6.82. The van der Waals surface area contributed by atoms with Crippen LogP contribution in [0.2, 0.25) is 0 Å². The average Bonchev–Trinajstić information content (AvgIpc) is 2.30. The summed E-state index contributed by atoms with van der Waals surface area (Å²) >= 11 is 0. The molecule has 1 aliphatic heterocycles. The summed E-state index contributed by atoms with van der Waals surface area (Å²) in [6.45, 7) is 7.89. The van der Waals surface area contributed by atoms with Crippen LogP contribution in [0.15, 0.2) is 12.1 Å². The minimum Gasteiger partial charge on any atom is -0.300 e. The summed E-state index contributed by atoms with van der Waals surface area (Å²) in [6, 6.07) is 4.11. The molecule has 1 aliphatic rings. The molecular weight excluding hydrogens is 238 g/mol. The van der Waals surface area contributed by atoms with Crippen LogP contribution in [0.5, 0.6) is 0 Å². The van der Waals surface area contributed by atoms with E-state index in [2.05, 4.69) is 17.0 Å². The third-order valence-corrected chi connectivity index (χ3v) is 3.74. The van der Waals surface area contributed by atoms with E-state index in [9.17, 15) is 9.59 Å². The van der Waals surface area contributed by atoms with Crippen molar-refractivity contribution in [3.63, 3.8) is 0 Å². The number of ketones is 2. The van der Waals surface area contributed by atoms with Gasteiger partial charge in [0.15, 0.2) is 5.78 Å². The number of aryl methyl sites for hydroxylation is 3. The van der Waals surface area contributed by atoms with Crippen molar-refractivity contribution < 1.29 is 9.59 Å². The molecule has 0 N–H and O–H groups in total. The highest BCUT2D eigenvalue weighted by Gasteiger charge is 2.20. The van der Waals surface area contributed by atoms with Gasteiger partial charge < -0.3 is 0 Å². The smallest absolute Gasteiger partial charge is 0.177 e. The van der Waals surface area contributed by atoms with Gasteiger partial charge in [-0.3, -0.25) is 14.5 Å². The van der Waals surface area contributed by atoms with E-state index in [4.69, 9.17) is 0 Å². The number of nitrogens with zero attached hydrogens (tertiary/aromatic N) is 1. The van der Waals surface area contributed by atoms with Crippen molar-refractivity contribution in [1.82, 2.24) is 4.90 Å². The number of Topliss-reactive ketones (excluding diaryl/α,β-unsaturated/α-hetero) is 2. The Morgan fingerprint density at radius 3 is 2.16 bits per heavy atom. The van der Waals surface area contributed by atoms with Gasteiger partial charge in [-0.15, -0.1) is 0 Å². The molecule has 0 aromatic heterocycles. The Kier molecular flexibility index (Phi) is 4.15. The fourth-order valence-corrected chi connectivity index (χ4v) is 2.86. The van der Waals surface area contributed by atoms with Crippen molar-refractivity contribution in [2.24, 2.45) is 0 Å². The van der Waals surface area contributed by atoms with E-state index in [-0.39, 0.29) is 5.78 Å². The monoisotopic (exact) mass is 259 g/mol. The Morgan fingerprint density at radius 1 is 1.11 bits per heavy atom. The SMILES string of the molecule is Cc1cc(C)c(C(=O)CN2CCC(=O)CC2)c(C)c1. The number of rotatable bonds is 3. The molecule has 3 nitrogen and oxygen atoms in total. The van der Waals surface area contributed by atoms with Crippen molar-refractivity contribution in [1.29, 1.82) is 0 Å². The third-order valence-electron chi connectivity index (χ3n) is 3.74. The summed E-state index contributed by atoms with van der Waals surface area (Å²) in [4.78, 5) is 25.7. The number of benzene rings is 1. The summed E-state index contributed by atoms with van der Waals surface area (Å²) in [7, 11) is 0. The van der Waals surface area contributed by atoms with E-state index in [0.29, 0.717) is 38.3 Å². The third kappa shape index (κ3) is 3.29. The van der Waals surface area contributed by atoms with E-state index < -0.39 is 0 Å². The second kappa shape index (κ2) is 5.66. The topological polar surface area (TPSA) is 37.4 Å². The van der Waals surface area contributed by atoms with Crippen LogP contribution in [-0.2, 0) is 4.79 Å². The fraction of sp³-hybridized carbons (Fsp3) is 0.500. The first-order chi connectivity index (χ1) is 8.97. The Morgan fingerprint density at radius 2 is 1.63 bits per heavy atom. The number of hydrogen-bond acceptors (Lipinski definition) is 3. The van der Waals surface area contributed by atoms with Crippen LogP contribution in [0.3, 0.4) is 0 Å². The molecule has 2 rings (SSSR count). The molecule has 0 aliphatic carbocycles. The molecule has 0 amide bonds. The minimum absolute atomic E-state index is 0.171. The molecule has 19 heavy (non-hydrogen) atoms. The predicted octanol–water partition coefficient (Wildman–Crippen LogP) is 2.46. The van der Waals surface area contributed by atoms with Gasteiger partial charge in [0.25, 0.3) is 0 Å². The maximum absolute atomic E-state index is 12.4. The van der Waals surface area contributed by atoms with Crippen LogP contribution in [0.25, 0.3) is 0 Å². The lowest BCUT2D eigenvalue weighted by atomic mass is 9.96. The largest absolute Gasteiger partial charge is 0.300 e. The summed E-state index contributed by atoms with van der Waals surface area (Å²) in [5.41, 5.74) is 4.14. The first-order valence-electron chi connectivity index (χ1n) is 6.82. The number of piperidine rings is 1. The molecule has 1 aromatic rings. The maximum Gasteiger partial charge on any atom is 0.177 e. The van der Waals surface area contributed by atoms with E-state index in [1.807, 2.05) is 20.8 Å². The molecule has 1 saturated heterocycles. The number of carbonyl (C=O) groups is 2. The zero-order valence-corrected chi connectivity index (χ0v) is 12.0. The molecule has 0 bridgehead atoms. The normalized spacial score (nSPS) is 16.7. The number of hydrogen-bond donors (Lipinski definition) is 0. The van der Waals surface area contributed by atoms with Crippen LogP contribution in [0, 0.1) is 20.8 Å². The van der Waals surface area contributed by atoms with Crippen molar-refractivity contribution in [3.05, 3.63) is 34.4 Å². The molecule has 102 valence electrons. The summed E-state index contributed by atoms with van der Waals surface area (Å²) < 4.78 is 0. The van der Waals surface area contributed by atoms with Crippen LogP contribution in [0.4, 0.5) is 0 Å². The van der Waals surface area contributed by atoms with Crippen LogP contribution in [0.1, 0.15) is 39.9 Å². The Balaban J connectivity index is 2.10. The number of likely N-dealkylation sites (tertiary alicyclic amines) is 1. The minimum atomic E-state index is 0.171. The highest BCUT2D eigenvalue weighted by atomic mass is 16.1. The Labute approximate surface area is 114 Å². The molecule has 3 heteroatoms. The van der Waals surface area contributed by atoms with Gasteiger partial charge in [-0.2, -0.15) is 0 Å². The number of carbonyl (C=O) groups excluding carboxylic acids is 2. The maximum atomic E-state index is 12.4. The molecule has 0 saturated carbocycles. The van der Waals surface area contributed by atoms with Crippen LogP contribution >= 0.6 is 0 Å². The molecule has 0 radical (unpaired) electrons. The summed E-state index contributed by atoms with van der Waals surface area (Å²) in [5, 5.41) is 0. The molecule has 1 fully saturated rings. The van der Waals surface area contributed by atoms with Gasteiger partial charge in [-0.05, 0) is 31.9 Å². The molecule has 0 spiro atoms. The molecule has 0 atom stereocenters. The van der Waals surface area contributed by atoms with Gasteiger partial charge in [0, 0.05) is 31.5 Å². The quantitative estimate of drug-likeness (QED) is 0.782. The lowest BCUT2D eigenvalue weighted by molar-refractivity contribution is -0.121. The zero-order chi connectivity index (χ0) is 14.0. The van der Waals surface area contributed by atoms with Crippen molar-refractivity contribution in [3.8, 4) is 0 Å². The highest BCUT2D eigenvalue weighted by molar-refractivity contribution is 6.00. The van der Waals surface area contributed by atoms with Gasteiger partial charge in [0.1, 0.15) is 5.78 Å². The van der Waals surface area contributed by atoms with Gasteiger partial charge in [-0.1, -0.05) is 17.7 Å². The predicted molar refractivity (Wildman–Crippen MR) is 75.7 cm³/mol. The Hall–Kier alpha value is -1.48. The van der Waals surface area contributed by atoms with E-state index in [1.54, 1.807) is 0 Å². The standard InChI is InChI=1S/C16H21NO2/c1-11-8-12(2)16(13(3)9-11)15(19)10-17-6-4-14(18)5-7-17/h8-9H,4-7,10H2,1-3H3. The second-order valence-electron chi connectivity index (χ2n) is 5.51. The molecule has 1 heterocycles. The van der Waals surface area contributed by atoms with Gasteiger partial charge >= 0.3 is 0 Å². The van der Waals surface area contributed by atoms with Gasteiger partial charge in [0.05, 0.1) is 6.54 Å². The highest BCUT2D eigenvalue weighted by Crippen LogP contribution is 2.18. The van der Waals surface area contributed by atoms with Gasteiger partial charge in [0.2, 0.25) is 0 Å². The first kappa shape index (κ1) is 13.9. The lowest BCUT2D eigenvalue weighted by Gasteiger charge is -2.25.